The van der Waals surface area contributed by atoms with Crippen molar-refractivity contribution < 1.29 is 9.53 Å². The van der Waals surface area contributed by atoms with Crippen LogP contribution >= 0.6 is 11.8 Å². The van der Waals surface area contributed by atoms with E-state index in [9.17, 15) is 4.79 Å². The number of ether oxygens (including phenoxy) is 1. The van der Waals surface area contributed by atoms with Crippen molar-refractivity contribution in [3.8, 4) is 5.75 Å². The van der Waals surface area contributed by atoms with Crippen LogP contribution in [0.3, 0.4) is 0 Å². The molecule has 2 aromatic carbocycles. The predicted molar refractivity (Wildman–Crippen MR) is 103 cm³/mol. The summed E-state index contributed by atoms with van der Waals surface area (Å²) in [4.78, 5) is 12.2. The summed E-state index contributed by atoms with van der Waals surface area (Å²) >= 11 is 1.36. The zero-order valence-corrected chi connectivity index (χ0v) is 15.5. The number of amides is 1. The Kier molecular flexibility index (Phi) is 5.91. The van der Waals surface area contributed by atoms with Gasteiger partial charge in [-0.15, -0.1) is 10.2 Å². The molecule has 0 radical (unpaired) electrons. The van der Waals surface area contributed by atoms with Crippen LogP contribution in [0.4, 0.5) is 5.69 Å². The zero-order valence-electron chi connectivity index (χ0n) is 14.7. The molecule has 0 fully saturated rings. The molecule has 0 saturated carbocycles. The van der Waals surface area contributed by atoms with Crippen LogP contribution in [0.1, 0.15) is 11.4 Å². The first-order valence-corrected chi connectivity index (χ1v) is 9.14. The fraction of sp³-hybridized carbons (Fsp3) is 0.211. The molecule has 7 heteroatoms. The summed E-state index contributed by atoms with van der Waals surface area (Å²) < 4.78 is 7.16. The number of hydrogen-bond donors (Lipinski definition) is 1. The van der Waals surface area contributed by atoms with E-state index in [0.717, 1.165) is 5.82 Å². The molecule has 0 aliphatic carbocycles. The molecule has 0 unspecified atom stereocenters. The van der Waals surface area contributed by atoms with Crippen LogP contribution < -0.4 is 10.1 Å². The lowest BCUT2D eigenvalue weighted by molar-refractivity contribution is -0.113. The molecule has 0 saturated heterocycles. The molecule has 0 aliphatic heterocycles. The molecule has 1 aromatic heterocycles. The van der Waals surface area contributed by atoms with Gasteiger partial charge in [0, 0.05) is 13.5 Å². The maximum atomic E-state index is 12.2. The highest BCUT2D eigenvalue weighted by Gasteiger charge is 2.13. The minimum atomic E-state index is -0.118. The Hall–Kier alpha value is -2.80. The monoisotopic (exact) mass is 368 g/mol. The molecule has 134 valence electrons. The molecule has 0 aliphatic rings. The summed E-state index contributed by atoms with van der Waals surface area (Å²) in [5.74, 6) is 1.63. The van der Waals surface area contributed by atoms with E-state index >= 15 is 0 Å². The molecule has 0 bridgehead atoms. The van der Waals surface area contributed by atoms with Crippen molar-refractivity contribution >= 4 is 23.4 Å². The van der Waals surface area contributed by atoms with Gasteiger partial charge in [-0.2, -0.15) is 0 Å². The average molecular weight is 368 g/mol. The summed E-state index contributed by atoms with van der Waals surface area (Å²) in [6.45, 7) is 0. The summed E-state index contributed by atoms with van der Waals surface area (Å²) in [7, 11) is 3.49. The number of para-hydroxylation sites is 2. The Morgan fingerprint density at radius 2 is 1.85 bits per heavy atom. The number of hydrogen-bond acceptors (Lipinski definition) is 5. The minimum Gasteiger partial charge on any atom is -0.495 e. The van der Waals surface area contributed by atoms with Gasteiger partial charge in [0.1, 0.15) is 11.6 Å². The Labute approximate surface area is 156 Å². The highest BCUT2D eigenvalue weighted by atomic mass is 32.2. The number of benzene rings is 2. The van der Waals surface area contributed by atoms with Gasteiger partial charge in [-0.1, -0.05) is 54.2 Å². The van der Waals surface area contributed by atoms with Crippen LogP contribution in [0, 0.1) is 0 Å². The van der Waals surface area contributed by atoms with E-state index in [1.807, 2.05) is 48.0 Å². The van der Waals surface area contributed by atoms with E-state index in [-0.39, 0.29) is 11.7 Å². The third-order valence-electron chi connectivity index (χ3n) is 3.84. The summed E-state index contributed by atoms with van der Waals surface area (Å²) in [5.41, 5.74) is 1.83. The highest BCUT2D eigenvalue weighted by molar-refractivity contribution is 7.99. The molecule has 1 N–H and O–H groups in total. The fourth-order valence-corrected chi connectivity index (χ4v) is 3.20. The number of rotatable bonds is 7. The summed E-state index contributed by atoms with van der Waals surface area (Å²) in [6.07, 6.45) is 0.707. The number of nitrogens with one attached hydrogen (secondary N) is 1. The second kappa shape index (κ2) is 8.53. The van der Waals surface area contributed by atoms with E-state index in [0.29, 0.717) is 23.0 Å². The van der Waals surface area contributed by atoms with E-state index in [1.54, 1.807) is 13.2 Å². The molecule has 26 heavy (non-hydrogen) atoms. The van der Waals surface area contributed by atoms with Crippen LogP contribution in [0.5, 0.6) is 5.75 Å². The normalized spacial score (nSPS) is 10.5. The summed E-state index contributed by atoms with van der Waals surface area (Å²) in [6, 6.07) is 17.4. The quantitative estimate of drug-likeness (QED) is 0.649. The number of aromatic nitrogens is 3. The van der Waals surface area contributed by atoms with Gasteiger partial charge in [0.05, 0.1) is 18.6 Å². The lowest BCUT2D eigenvalue weighted by Crippen LogP contribution is -2.15. The van der Waals surface area contributed by atoms with Crippen molar-refractivity contribution in [1.82, 2.24) is 14.8 Å². The Morgan fingerprint density at radius 1 is 1.12 bits per heavy atom. The Balaban J connectivity index is 1.59. The molecular weight excluding hydrogens is 348 g/mol. The van der Waals surface area contributed by atoms with Gasteiger partial charge >= 0.3 is 0 Å². The van der Waals surface area contributed by atoms with Gasteiger partial charge in [-0.3, -0.25) is 4.79 Å². The molecule has 1 heterocycles. The first-order valence-electron chi connectivity index (χ1n) is 8.15. The van der Waals surface area contributed by atoms with Crippen LogP contribution in [0.2, 0.25) is 0 Å². The molecule has 3 aromatic rings. The van der Waals surface area contributed by atoms with Crippen LogP contribution in [0.15, 0.2) is 59.8 Å². The summed E-state index contributed by atoms with van der Waals surface area (Å²) in [5, 5.41) is 12.0. The van der Waals surface area contributed by atoms with E-state index in [2.05, 4.69) is 27.6 Å². The second-order valence-corrected chi connectivity index (χ2v) is 6.60. The number of nitrogens with zero attached hydrogens (tertiary/aromatic N) is 3. The Bertz CT molecular complexity index is 880. The van der Waals surface area contributed by atoms with Crippen LogP contribution in [-0.4, -0.2) is 33.5 Å². The van der Waals surface area contributed by atoms with Crippen LogP contribution in [0.25, 0.3) is 0 Å². The lowest BCUT2D eigenvalue weighted by atomic mass is 10.1. The highest BCUT2D eigenvalue weighted by Crippen LogP contribution is 2.24. The molecule has 3 rings (SSSR count). The number of carbonyl (C=O) groups is 1. The number of methoxy groups -OCH3 is 1. The molecular formula is C19H20N4O2S. The van der Waals surface area contributed by atoms with Crippen molar-refractivity contribution in [3.63, 3.8) is 0 Å². The van der Waals surface area contributed by atoms with Crippen molar-refractivity contribution in [2.75, 3.05) is 18.2 Å². The lowest BCUT2D eigenvalue weighted by Gasteiger charge is -2.09. The molecule has 0 atom stereocenters. The maximum Gasteiger partial charge on any atom is 0.234 e. The van der Waals surface area contributed by atoms with Crippen LogP contribution in [-0.2, 0) is 18.3 Å². The van der Waals surface area contributed by atoms with Gasteiger partial charge in [0.2, 0.25) is 5.91 Å². The second-order valence-electron chi connectivity index (χ2n) is 5.66. The van der Waals surface area contributed by atoms with Gasteiger partial charge in [-0.25, -0.2) is 0 Å². The number of thioether (sulfide) groups is 1. The predicted octanol–water partition coefficient (Wildman–Crippen LogP) is 3.15. The average Bonchev–Trinajstić information content (AvgIpc) is 3.01. The van der Waals surface area contributed by atoms with E-state index in [4.69, 9.17) is 4.74 Å². The smallest absolute Gasteiger partial charge is 0.234 e. The van der Waals surface area contributed by atoms with Gasteiger partial charge in [-0.05, 0) is 17.7 Å². The van der Waals surface area contributed by atoms with Crippen molar-refractivity contribution in [2.45, 2.75) is 11.6 Å². The van der Waals surface area contributed by atoms with Gasteiger partial charge < -0.3 is 14.6 Å². The SMILES string of the molecule is COc1ccccc1NC(=O)CSc1nnc(Cc2ccccc2)n1C. The molecule has 0 spiro atoms. The molecule has 1 amide bonds. The minimum absolute atomic E-state index is 0.118. The largest absolute Gasteiger partial charge is 0.495 e. The van der Waals surface area contributed by atoms with Crippen molar-refractivity contribution in [2.24, 2.45) is 7.05 Å². The van der Waals surface area contributed by atoms with E-state index < -0.39 is 0 Å². The maximum absolute atomic E-state index is 12.2. The zero-order chi connectivity index (χ0) is 18.4. The van der Waals surface area contributed by atoms with Gasteiger partial charge in [0.25, 0.3) is 0 Å². The van der Waals surface area contributed by atoms with Crippen molar-refractivity contribution in [3.05, 3.63) is 66.0 Å². The van der Waals surface area contributed by atoms with E-state index in [1.165, 1.54) is 17.3 Å². The molecule has 6 nitrogen and oxygen atoms in total. The van der Waals surface area contributed by atoms with Crippen molar-refractivity contribution in [1.29, 1.82) is 0 Å². The Morgan fingerprint density at radius 3 is 2.62 bits per heavy atom. The fourth-order valence-electron chi connectivity index (χ4n) is 2.47. The number of anilines is 1. The van der Waals surface area contributed by atoms with Gasteiger partial charge in [0.15, 0.2) is 5.16 Å². The number of carbonyl (C=O) groups excluding carboxylic acids is 1. The first-order chi connectivity index (χ1) is 12.7. The third-order valence-corrected chi connectivity index (χ3v) is 4.86. The standard InChI is InChI=1S/C19H20N4O2S/c1-23-17(12-14-8-4-3-5-9-14)21-22-19(23)26-13-18(24)20-15-10-6-7-11-16(15)25-2/h3-11H,12-13H2,1-2H3,(H,20,24). The first kappa shape index (κ1) is 18.0. The topological polar surface area (TPSA) is 69.0 Å². The third kappa shape index (κ3) is 4.43.